The van der Waals surface area contributed by atoms with Gasteiger partial charge in [0.2, 0.25) is 6.79 Å². The van der Waals surface area contributed by atoms with Crippen LogP contribution >= 0.6 is 22.9 Å². The predicted molar refractivity (Wildman–Crippen MR) is 106 cm³/mol. The Morgan fingerprint density at radius 3 is 2.86 bits per heavy atom. The van der Waals surface area contributed by atoms with Gasteiger partial charge in [0.15, 0.2) is 18.1 Å². The molecule has 0 fully saturated rings. The Labute approximate surface area is 174 Å². The van der Waals surface area contributed by atoms with Gasteiger partial charge < -0.3 is 19.5 Å². The van der Waals surface area contributed by atoms with Crippen molar-refractivity contribution >= 4 is 44.9 Å². The Bertz CT molecular complexity index is 1120. The minimum atomic E-state index is -0.734. The molecular formula is C20H15ClFNO5S. The summed E-state index contributed by atoms with van der Waals surface area (Å²) in [6, 6.07) is 9.11. The number of amides is 1. The fourth-order valence-corrected chi connectivity index (χ4v) is 4.34. The van der Waals surface area contributed by atoms with Crippen LogP contribution in [-0.4, -0.2) is 25.3 Å². The van der Waals surface area contributed by atoms with Gasteiger partial charge in [-0.2, -0.15) is 0 Å². The molecule has 0 bridgehead atoms. The number of hydrogen-bond acceptors (Lipinski definition) is 6. The van der Waals surface area contributed by atoms with E-state index in [9.17, 15) is 14.0 Å². The van der Waals surface area contributed by atoms with Crippen LogP contribution in [0.2, 0.25) is 5.02 Å². The van der Waals surface area contributed by atoms with E-state index in [0.29, 0.717) is 21.6 Å². The summed E-state index contributed by atoms with van der Waals surface area (Å²) in [5.74, 6) is -0.353. The maximum absolute atomic E-state index is 13.3. The number of benzene rings is 2. The van der Waals surface area contributed by atoms with Crippen molar-refractivity contribution in [1.82, 2.24) is 5.32 Å². The highest BCUT2D eigenvalue weighted by molar-refractivity contribution is 7.21. The van der Waals surface area contributed by atoms with Gasteiger partial charge in [0.05, 0.1) is 11.1 Å². The molecule has 9 heteroatoms. The lowest BCUT2D eigenvalue weighted by atomic mass is 10.1. The number of carbonyl (C=O) groups is 2. The molecule has 1 unspecified atom stereocenters. The second kappa shape index (κ2) is 7.88. The Balaban J connectivity index is 1.37. The van der Waals surface area contributed by atoms with Gasteiger partial charge in [-0.1, -0.05) is 17.7 Å². The highest BCUT2D eigenvalue weighted by Gasteiger charge is 2.21. The molecular weight excluding hydrogens is 421 g/mol. The van der Waals surface area contributed by atoms with Crippen LogP contribution in [0.3, 0.4) is 0 Å². The minimum Gasteiger partial charge on any atom is -0.454 e. The number of rotatable bonds is 5. The quantitative estimate of drug-likeness (QED) is 0.599. The van der Waals surface area contributed by atoms with Gasteiger partial charge in [0.1, 0.15) is 10.7 Å². The molecule has 6 nitrogen and oxygen atoms in total. The molecule has 0 spiro atoms. The number of fused-ring (bicyclic) bond motifs is 2. The molecule has 1 atom stereocenters. The molecule has 29 heavy (non-hydrogen) atoms. The summed E-state index contributed by atoms with van der Waals surface area (Å²) in [5, 5.41) is 3.50. The first-order chi connectivity index (χ1) is 13.9. The number of hydrogen-bond donors (Lipinski definition) is 1. The van der Waals surface area contributed by atoms with E-state index in [2.05, 4.69) is 5.32 Å². The minimum absolute atomic E-state index is 0.129. The Kier molecular flexibility index (Phi) is 5.29. The highest BCUT2D eigenvalue weighted by Crippen LogP contribution is 2.36. The van der Waals surface area contributed by atoms with Gasteiger partial charge in [-0.05, 0) is 42.8 Å². The van der Waals surface area contributed by atoms with Gasteiger partial charge in [-0.25, -0.2) is 9.18 Å². The van der Waals surface area contributed by atoms with E-state index in [-0.39, 0.29) is 22.7 Å². The second-order valence-corrected chi connectivity index (χ2v) is 7.79. The third kappa shape index (κ3) is 3.99. The normalized spacial score (nSPS) is 13.3. The van der Waals surface area contributed by atoms with Crippen molar-refractivity contribution in [3.63, 3.8) is 0 Å². The summed E-state index contributed by atoms with van der Waals surface area (Å²) in [4.78, 5) is 24.6. The lowest BCUT2D eigenvalue weighted by Gasteiger charge is -2.14. The van der Waals surface area contributed by atoms with Crippen LogP contribution in [0.1, 0.15) is 28.2 Å². The molecule has 2 aromatic carbocycles. The average Bonchev–Trinajstić information content (AvgIpc) is 3.29. The number of nitrogens with one attached hydrogen (secondary N) is 1. The van der Waals surface area contributed by atoms with Crippen molar-refractivity contribution in [3.05, 3.63) is 57.7 Å². The van der Waals surface area contributed by atoms with Gasteiger partial charge in [-0.3, -0.25) is 4.79 Å². The molecule has 1 aliphatic rings. The molecule has 0 saturated carbocycles. The van der Waals surface area contributed by atoms with Crippen molar-refractivity contribution in [1.29, 1.82) is 0 Å². The SMILES string of the molecule is CC(NC(=O)COC(=O)c1sc2cc(F)ccc2c1Cl)c1ccc2c(c1)OCO2. The van der Waals surface area contributed by atoms with E-state index in [0.717, 1.165) is 16.9 Å². The highest BCUT2D eigenvalue weighted by atomic mass is 35.5. The smallest absolute Gasteiger partial charge is 0.350 e. The summed E-state index contributed by atoms with van der Waals surface area (Å²) in [6.07, 6.45) is 0. The molecule has 0 radical (unpaired) electrons. The Hall–Kier alpha value is -2.84. The van der Waals surface area contributed by atoms with Gasteiger partial charge in [0, 0.05) is 10.1 Å². The number of halogens is 2. The maximum atomic E-state index is 13.3. The lowest BCUT2D eigenvalue weighted by molar-refractivity contribution is -0.124. The fraction of sp³-hybridized carbons (Fsp3) is 0.200. The largest absolute Gasteiger partial charge is 0.454 e. The van der Waals surface area contributed by atoms with Crippen molar-refractivity contribution in [3.8, 4) is 11.5 Å². The third-order valence-corrected chi connectivity index (χ3v) is 6.02. The van der Waals surface area contributed by atoms with Crippen molar-refractivity contribution in [2.45, 2.75) is 13.0 Å². The Morgan fingerprint density at radius 2 is 2.03 bits per heavy atom. The van der Waals surface area contributed by atoms with Gasteiger partial charge >= 0.3 is 5.97 Å². The van der Waals surface area contributed by atoms with E-state index in [1.54, 1.807) is 19.1 Å². The molecule has 4 rings (SSSR count). The van der Waals surface area contributed by atoms with E-state index in [4.69, 9.17) is 25.8 Å². The summed E-state index contributed by atoms with van der Waals surface area (Å²) in [7, 11) is 0. The zero-order chi connectivity index (χ0) is 20.5. The number of thiophene rings is 1. The van der Waals surface area contributed by atoms with Crippen LogP contribution in [0, 0.1) is 5.82 Å². The molecule has 150 valence electrons. The number of carbonyl (C=O) groups excluding carboxylic acids is 2. The summed E-state index contributed by atoms with van der Waals surface area (Å²) in [6.45, 7) is 1.50. The fourth-order valence-electron chi connectivity index (χ4n) is 2.92. The monoisotopic (exact) mass is 435 g/mol. The van der Waals surface area contributed by atoms with Crippen molar-refractivity contribution in [2.75, 3.05) is 13.4 Å². The predicted octanol–water partition coefficient (Wildman–Crippen LogP) is 4.46. The average molecular weight is 436 g/mol. The first-order valence-electron chi connectivity index (χ1n) is 8.66. The van der Waals surface area contributed by atoms with Gasteiger partial charge in [0.25, 0.3) is 5.91 Å². The molecule has 0 aliphatic carbocycles. The van der Waals surface area contributed by atoms with Crippen LogP contribution in [0.15, 0.2) is 36.4 Å². The van der Waals surface area contributed by atoms with Crippen LogP contribution in [0.5, 0.6) is 11.5 Å². The standard InChI is InChI=1S/C20H15ClFNO5S/c1-10(11-2-5-14-15(6-11)28-9-27-14)23-17(24)8-26-20(25)19-18(21)13-4-3-12(22)7-16(13)29-19/h2-7,10H,8-9H2,1H3,(H,23,24). The third-order valence-electron chi connectivity index (χ3n) is 4.39. The topological polar surface area (TPSA) is 73.9 Å². The second-order valence-electron chi connectivity index (χ2n) is 6.36. The van der Waals surface area contributed by atoms with Crippen LogP contribution in [-0.2, 0) is 9.53 Å². The summed E-state index contributed by atoms with van der Waals surface area (Å²) >= 11 is 7.21. The van der Waals surface area contributed by atoms with E-state index in [1.807, 2.05) is 6.07 Å². The zero-order valence-electron chi connectivity index (χ0n) is 15.2. The summed E-state index contributed by atoms with van der Waals surface area (Å²) in [5.41, 5.74) is 0.823. The zero-order valence-corrected chi connectivity index (χ0v) is 16.7. The Morgan fingerprint density at radius 1 is 1.24 bits per heavy atom. The van der Waals surface area contributed by atoms with E-state index >= 15 is 0 Å². The summed E-state index contributed by atoms with van der Waals surface area (Å²) < 4.78 is 29.5. The first-order valence-corrected chi connectivity index (χ1v) is 9.85. The lowest BCUT2D eigenvalue weighted by Crippen LogP contribution is -2.31. The van der Waals surface area contributed by atoms with E-state index in [1.165, 1.54) is 18.2 Å². The van der Waals surface area contributed by atoms with Crippen LogP contribution in [0.4, 0.5) is 4.39 Å². The van der Waals surface area contributed by atoms with Crippen molar-refractivity contribution in [2.24, 2.45) is 0 Å². The molecule has 3 aromatic rings. The van der Waals surface area contributed by atoms with Gasteiger partial charge in [-0.15, -0.1) is 11.3 Å². The molecule has 2 heterocycles. The van der Waals surface area contributed by atoms with Crippen molar-refractivity contribution < 1.29 is 28.2 Å². The first kappa shape index (κ1) is 19.5. The van der Waals surface area contributed by atoms with Crippen LogP contribution in [0.25, 0.3) is 10.1 Å². The molecule has 1 aliphatic heterocycles. The molecule has 1 aromatic heterocycles. The molecule has 1 N–H and O–H groups in total. The molecule has 0 saturated heterocycles. The van der Waals surface area contributed by atoms with Crippen LogP contribution < -0.4 is 14.8 Å². The van der Waals surface area contributed by atoms with E-state index < -0.39 is 24.3 Å². The maximum Gasteiger partial charge on any atom is 0.350 e. The number of ether oxygens (including phenoxy) is 3. The number of esters is 1. The molecule has 1 amide bonds.